The summed E-state index contributed by atoms with van der Waals surface area (Å²) in [7, 11) is 1.25. The lowest BCUT2D eigenvalue weighted by atomic mass is 10.1. The topological polar surface area (TPSA) is 0 Å². The van der Waals surface area contributed by atoms with Crippen LogP contribution in [-0.4, -0.2) is 12.3 Å². The zero-order valence-electron chi connectivity index (χ0n) is 13.5. The Kier molecular flexibility index (Phi) is 10.8. The lowest BCUT2D eigenvalue weighted by molar-refractivity contribution is 0.874. The molecule has 0 aliphatic heterocycles. The van der Waals surface area contributed by atoms with Crippen molar-refractivity contribution >= 4 is 8.58 Å². The molecule has 0 N–H and O–H groups in total. The van der Waals surface area contributed by atoms with Crippen molar-refractivity contribution in [1.29, 1.82) is 0 Å². The molecule has 114 valence electrons. The molecule has 2 aromatic carbocycles. The van der Waals surface area contributed by atoms with Gasteiger partial charge in [0.1, 0.15) is 0 Å². The summed E-state index contributed by atoms with van der Waals surface area (Å²) in [5.74, 6) is 0. The Balaban J connectivity index is 0.000000222. The van der Waals surface area contributed by atoms with Gasteiger partial charge in [-0.2, -0.15) is 0 Å². The molecule has 0 aliphatic rings. The molecule has 0 amide bonds. The summed E-state index contributed by atoms with van der Waals surface area (Å²) in [6.07, 6.45) is 8.61. The minimum absolute atomic E-state index is 1.25. The highest BCUT2D eigenvalue weighted by Gasteiger charge is 1.91. The van der Waals surface area contributed by atoms with Gasteiger partial charge in [-0.1, -0.05) is 87.4 Å². The molecule has 0 aliphatic carbocycles. The van der Waals surface area contributed by atoms with Crippen molar-refractivity contribution in [3.8, 4) is 11.1 Å². The second-order valence-electron chi connectivity index (χ2n) is 5.19. The smallest absolute Gasteiger partial charge is 0.0184 e. The summed E-state index contributed by atoms with van der Waals surface area (Å²) >= 11 is 0. The summed E-state index contributed by atoms with van der Waals surface area (Å²) in [6.45, 7) is 4.54. The van der Waals surface area contributed by atoms with Gasteiger partial charge in [0.25, 0.3) is 0 Å². The normalized spacial score (nSPS) is 9.81. The van der Waals surface area contributed by atoms with Crippen LogP contribution in [0.2, 0.25) is 0 Å². The van der Waals surface area contributed by atoms with E-state index in [9.17, 15) is 0 Å². The Morgan fingerprint density at radius 3 is 1.33 bits per heavy atom. The van der Waals surface area contributed by atoms with Crippen LogP contribution in [0, 0.1) is 0 Å². The van der Waals surface area contributed by atoms with Crippen molar-refractivity contribution in [1.82, 2.24) is 0 Å². The monoisotopic (exact) mass is 300 g/mol. The van der Waals surface area contributed by atoms with Crippen LogP contribution in [-0.2, 0) is 0 Å². The number of hydrogen-bond donors (Lipinski definition) is 0. The second-order valence-corrected chi connectivity index (χ2v) is 6.69. The molecule has 0 spiro atoms. The van der Waals surface area contributed by atoms with Crippen molar-refractivity contribution in [3.05, 3.63) is 60.7 Å². The molecule has 0 aromatic heterocycles. The van der Waals surface area contributed by atoms with Gasteiger partial charge >= 0.3 is 0 Å². The van der Waals surface area contributed by atoms with E-state index < -0.39 is 0 Å². The molecule has 0 heterocycles. The van der Waals surface area contributed by atoms with E-state index in [0.29, 0.717) is 0 Å². The van der Waals surface area contributed by atoms with E-state index in [0.717, 1.165) is 0 Å². The van der Waals surface area contributed by atoms with Gasteiger partial charge in [-0.3, -0.25) is 0 Å². The maximum atomic E-state index is 2.27. The molecule has 0 saturated heterocycles. The Labute approximate surface area is 132 Å². The minimum Gasteiger partial charge on any atom is -0.122 e. The fraction of sp³-hybridized carbons (Fsp3) is 0.400. The van der Waals surface area contributed by atoms with Gasteiger partial charge in [-0.05, 0) is 36.3 Å². The van der Waals surface area contributed by atoms with Crippen LogP contribution in [0.4, 0.5) is 0 Å². The average molecular weight is 300 g/mol. The average Bonchev–Trinajstić information content (AvgIpc) is 2.57. The number of hydrogen-bond acceptors (Lipinski definition) is 0. The van der Waals surface area contributed by atoms with Gasteiger partial charge in [0, 0.05) is 0 Å². The van der Waals surface area contributed by atoms with Crippen molar-refractivity contribution in [2.24, 2.45) is 0 Å². The third-order valence-electron chi connectivity index (χ3n) is 3.30. The lowest BCUT2D eigenvalue weighted by Crippen LogP contribution is -1.78. The molecule has 0 radical (unpaired) electrons. The van der Waals surface area contributed by atoms with E-state index in [4.69, 9.17) is 0 Å². The molecule has 0 unspecified atom stereocenters. The summed E-state index contributed by atoms with van der Waals surface area (Å²) in [5.41, 5.74) is 2.55. The molecule has 1 heteroatoms. The Bertz CT molecular complexity index is 392. The van der Waals surface area contributed by atoms with Crippen LogP contribution in [0.3, 0.4) is 0 Å². The van der Waals surface area contributed by atoms with Gasteiger partial charge in [-0.25, -0.2) is 0 Å². The van der Waals surface area contributed by atoms with E-state index in [1.54, 1.807) is 0 Å². The maximum absolute atomic E-state index is 2.27. The summed E-state index contributed by atoms with van der Waals surface area (Å²) in [4.78, 5) is 0. The largest absolute Gasteiger partial charge is 0.122 e. The third kappa shape index (κ3) is 8.68. The summed E-state index contributed by atoms with van der Waals surface area (Å²) in [6, 6.07) is 20.8. The van der Waals surface area contributed by atoms with Crippen LogP contribution in [0.25, 0.3) is 11.1 Å². The van der Waals surface area contributed by atoms with Crippen LogP contribution in [0.15, 0.2) is 60.7 Å². The number of unbranched alkanes of at least 4 members (excludes halogenated alkanes) is 2. The first-order chi connectivity index (χ1) is 10.4. The van der Waals surface area contributed by atoms with Gasteiger partial charge < -0.3 is 0 Å². The van der Waals surface area contributed by atoms with Gasteiger partial charge in [-0.15, -0.1) is 8.58 Å². The van der Waals surface area contributed by atoms with Crippen LogP contribution in [0.1, 0.15) is 39.5 Å². The van der Waals surface area contributed by atoms with Crippen molar-refractivity contribution in [2.45, 2.75) is 39.5 Å². The molecule has 21 heavy (non-hydrogen) atoms. The number of benzene rings is 2. The highest BCUT2D eigenvalue weighted by molar-refractivity contribution is 7.37. The molecule has 0 bridgehead atoms. The van der Waals surface area contributed by atoms with Gasteiger partial charge in [0.2, 0.25) is 0 Å². The SMILES string of the molecule is CCCCPCCCC.c1ccc(-c2ccccc2)cc1. The van der Waals surface area contributed by atoms with Crippen LogP contribution >= 0.6 is 8.58 Å². The minimum atomic E-state index is 1.25. The first kappa shape index (κ1) is 17.9. The Hall–Kier alpha value is -1.13. The molecular weight excluding hydrogens is 271 g/mol. The summed E-state index contributed by atoms with van der Waals surface area (Å²) < 4.78 is 0. The van der Waals surface area contributed by atoms with E-state index in [2.05, 4.69) is 62.4 Å². The van der Waals surface area contributed by atoms with E-state index in [1.165, 1.54) is 57.7 Å². The molecule has 0 atom stereocenters. The molecular formula is C20H29P. The van der Waals surface area contributed by atoms with Gasteiger partial charge in [0.15, 0.2) is 0 Å². The first-order valence-corrected chi connectivity index (χ1v) is 9.61. The predicted octanol–water partition coefficient (Wildman–Crippen LogP) is 6.62. The molecule has 0 fully saturated rings. The maximum Gasteiger partial charge on any atom is -0.0184 e. The number of rotatable bonds is 7. The van der Waals surface area contributed by atoms with Crippen LogP contribution in [0.5, 0.6) is 0 Å². The first-order valence-electron chi connectivity index (χ1n) is 8.19. The van der Waals surface area contributed by atoms with E-state index >= 15 is 0 Å². The third-order valence-corrected chi connectivity index (χ3v) is 4.71. The van der Waals surface area contributed by atoms with Crippen molar-refractivity contribution in [2.75, 3.05) is 12.3 Å². The molecule has 2 rings (SSSR count). The molecule has 0 saturated carbocycles. The fourth-order valence-corrected chi connectivity index (χ4v) is 3.45. The quantitative estimate of drug-likeness (QED) is 0.398. The highest BCUT2D eigenvalue weighted by Crippen LogP contribution is 2.17. The highest BCUT2D eigenvalue weighted by atomic mass is 31.1. The zero-order valence-corrected chi connectivity index (χ0v) is 14.5. The zero-order chi connectivity index (χ0) is 15.2. The van der Waals surface area contributed by atoms with Crippen molar-refractivity contribution in [3.63, 3.8) is 0 Å². The van der Waals surface area contributed by atoms with Gasteiger partial charge in [0.05, 0.1) is 0 Å². The Morgan fingerprint density at radius 2 is 1.00 bits per heavy atom. The standard InChI is InChI=1S/C12H10.C8H19P/c1-3-7-11(8-4-1)12-9-5-2-6-10-12;1-3-5-7-9-8-6-4-2/h1-10H;9H,3-8H2,1-2H3. The van der Waals surface area contributed by atoms with E-state index in [-0.39, 0.29) is 0 Å². The molecule has 0 nitrogen and oxygen atoms in total. The van der Waals surface area contributed by atoms with Crippen molar-refractivity contribution < 1.29 is 0 Å². The van der Waals surface area contributed by atoms with E-state index in [1.807, 2.05) is 12.1 Å². The molecule has 2 aromatic rings. The second kappa shape index (κ2) is 12.6. The summed E-state index contributed by atoms with van der Waals surface area (Å²) in [5, 5.41) is 0. The van der Waals surface area contributed by atoms with Crippen LogP contribution < -0.4 is 0 Å². The Morgan fingerprint density at radius 1 is 0.619 bits per heavy atom. The fourth-order valence-electron chi connectivity index (χ4n) is 1.99. The predicted molar refractivity (Wildman–Crippen MR) is 99.7 cm³/mol. The lowest BCUT2D eigenvalue weighted by Gasteiger charge is -1.98.